The maximum atomic E-state index is 13.3. The standard InChI is InChI=1S/C20H23FN6O.ClH/c1-28-17-10-8-16(9-11-17)27-19(23-15-6-4-14(21)5-7-15)24-18(22)25-20(27)26-12-2-3-13-26;/h4-11,19,23H,2-3,12-13H2,1H3,(H2,22,24);1H. The zero-order chi connectivity index (χ0) is 19.5. The van der Waals surface area contributed by atoms with Crippen LogP contribution in [0.3, 0.4) is 0 Å². The topological polar surface area (TPSA) is 78.5 Å². The van der Waals surface area contributed by atoms with Crippen molar-refractivity contribution in [2.24, 2.45) is 15.7 Å². The van der Waals surface area contributed by atoms with E-state index in [0.717, 1.165) is 49.0 Å². The number of hydrogen-bond acceptors (Lipinski definition) is 7. The summed E-state index contributed by atoms with van der Waals surface area (Å²) in [5, 5.41) is 3.32. The molecular formula is C20H24ClFN6O. The van der Waals surface area contributed by atoms with Crippen molar-refractivity contribution in [3.63, 3.8) is 0 Å². The van der Waals surface area contributed by atoms with Crippen LogP contribution in [0.1, 0.15) is 12.8 Å². The number of guanidine groups is 2. The first-order valence-corrected chi connectivity index (χ1v) is 9.26. The highest BCUT2D eigenvalue weighted by molar-refractivity contribution is 6.06. The molecule has 1 unspecified atom stereocenters. The summed E-state index contributed by atoms with van der Waals surface area (Å²) >= 11 is 0. The number of nitrogens with zero attached hydrogens (tertiary/aromatic N) is 4. The van der Waals surface area contributed by atoms with E-state index >= 15 is 0 Å². The quantitative estimate of drug-likeness (QED) is 0.796. The van der Waals surface area contributed by atoms with Crippen LogP contribution in [-0.4, -0.2) is 43.3 Å². The fourth-order valence-corrected chi connectivity index (χ4v) is 3.41. The molecule has 29 heavy (non-hydrogen) atoms. The summed E-state index contributed by atoms with van der Waals surface area (Å²) in [4.78, 5) is 13.2. The van der Waals surface area contributed by atoms with E-state index in [4.69, 9.17) is 10.5 Å². The summed E-state index contributed by atoms with van der Waals surface area (Å²) in [5.41, 5.74) is 7.68. The highest BCUT2D eigenvalue weighted by atomic mass is 35.5. The van der Waals surface area contributed by atoms with Gasteiger partial charge >= 0.3 is 0 Å². The Balaban J connectivity index is 0.00000240. The smallest absolute Gasteiger partial charge is 0.222 e. The molecule has 0 bridgehead atoms. The molecule has 2 aromatic rings. The monoisotopic (exact) mass is 418 g/mol. The molecular weight excluding hydrogens is 395 g/mol. The summed E-state index contributed by atoms with van der Waals surface area (Å²) in [6.45, 7) is 1.84. The van der Waals surface area contributed by atoms with Crippen molar-refractivity contribution in [1.82, 2.24) is 4.90 Å². The Hall–Kier alpha value is -3.00. The Morgan fingerprint density at radius 2 is 1.72 bits per heavy atom. The lowest BCUT2D eigenvalue weighted by molar-refractivity contribution is 0.415. The third-order valence-corrected chi connectivity index (χ3v) is 4.81. The predicted octanol–water partition coefficient (Wildman–Crippen LogP) is 3.24. The highest BCUT2D eigenvalue weighted by Gasteiger charge is 2.32. The number of hydrogen-bond donors (Lipinski definition) is 2. The Kier molecular flexibility index (Phi) is 6.43. The molecule has 1 saturated heterocycles. The molecule has 7 nitrogen and oxygen atoms in total. The van der Waals surface area contributed by atoms with Gasteiger partial charge in [-0.3, -0.25) is 4.90 Å². The average Bonchev–Trinajstić information content (AvgIpc) is 3.24. The van der Waals surface area contributed by atoms with Crippen molar-refractivity contribution in [3.05, 3.63) is 54.3 Å². The lowest BCUT2D eigenvalue weighted by Gasteiger charge is -2.38. The van der Waals surface area contributed by atoms with Crippen molar-refractivity contribution >= 4 is 35.7 Å². The number of methoxy groups -OCH3 is 1. The first kappa shape index (κ1) is 20.7. The molecule has 3 N–H and O–H groups in total. The van der Waals surface area contributed by atoms with Gasteiger partial charge in [-0.25, -0.2) is 9.38 Å². The minimum atomic E-state index is -0.507. The van der Waals surface area contributed by atoms with Crippen molar-refractivity contribution in [3.8, 4) is 5.75 Å². The second kappa shape index (κ2) is 9.00. The zero-order valence-corrected chi connectivity index (χ0v) is 16.9. The van der Waals surface area contributed by atoms with Gasteiger partial charge in [-0.2, -0.15) is 4.99 Å². The lowest BCUT2D eigenvalue weighted by Crippen LogP contribution is -2.54. The molecule has 2 aliphatic rings. The maximum Gasteiger partial charge on any atom is 0.222 e. The molecule has 1 fully saturated rings. The van der Waals surface area contributed by atoms with Crippen molar-refractivity contribution in [1.29, 1.82) is 0 Å². The van der Waals surface area contributed by atoms with E-state index in [1.807, 2.05) is 29.2 Å². The van der Waals surface area contributed by atoms with Crippen LogP contribution < -0.4 is 20.7 Å². The van der Waals surface area contributed by atoms with E-state index < -0.39 is 6.29 Å². The van der Waals surface area contributed by atoms with Crippen molar-refractivity contribution in [2.45, 2.75) is 19.1 Å². The van der Waals surface area contributed by atoms with Gasteiger partial charge in [-0.1, -0.05) is 0 Å². The van der Waals surface area contributed by atoms with E-state index in [-0.39, 0.29) is 24.2 Å². The predicted molar refractivity (Wildman–Crippen MR) is 116 cm³/mol. The van der Waals surface area contributed by atoms with Crippen LogP contribution in [0.5, 0.6) is 5.75 Å². The Morgan fingerprint density at radius 3 is 2.34 bits per heavy atom. The van der Waals surface area contributed by atoms with Crippen LogP contribution in [0.4, 0.5) is 15.8 Å². The van der Waals surface area contributed by atoms with Crippen LogP contribution >= 0.6 is 12.4 Å². The molecule has 2 aliphatic heterocycles. The number of anilines is 2. The molecule has 1 atom stereocenters. The molecule has 0 radical (unpaired) electrons. The fraction of sp³-hybridized carbons (Fsp3) is 0.300. The number of benzene rings is 2. The van der Waals surface area contributed by atoms with Gasteiger partial charge in [0, 0.05) is 24.5 Å². The minimum absolute atomic E-state index is 0. The molecule has 2 aromatic carbocycles. The third kappa shape index (κ3) is 4.54. The molecule has 0 amide bonds. The van der Waals surface area contributed by atoms with Crippen LogP contribution in [0.25, 0.3) is 0 Å². The average molecular weight is 419 g/mol. The third-order valence-electron chi connectivity index (χ3n) is 4.81. The normalized spacial score (nSPS) is 18.6. The van der Waals surface area contributed by atoms with E-state index in [2.05, 4.69) is 20.2 Å². The second-order valence-corrected chi connectivity index (χ2v) is 6.69. The van der Waals surface area contributed by atoms with Gasteiger partial charge in [0.1, 0.15) is 11.6 Å². The number of nitrogens with two attached hydrogens (primary N) is 1. The first-order chi connectivity index (χ1) is 13.6. The van der Waals surface area contributed by atoms with Crippen LogP contribution in [-0.2, 0) is 0 Å². The number of likely N-dealkylation sites (tertiary alicyclic amines) is 1. The Labute approximate surface area is 175 Å². The first-order valence-electron chi connectivity index (χ1n) is 9.26. The molecule has 0 aliphatic carbocycles. The summed E-state index contributed by atoms with van der Waals surface area (Å²) in [6, 6.07) is 13.9. The SMILES string of the molecule is COc1ccc(N2C(N3CCCC3)=NC(N)=NC2Nc2ccc(F)cc2)cc1.Cl. The molecule has 0 saturated carbocycles. The maximum absolute atomic E-state index is 13.3. The van der Waals surface area contributed by atoms with E-state index in [0.29, 0.717) is 0 Å². The number of halogens is 2. The van der Waals surface area contributed by atoms with Crippen LogP contribution in [0, 0.1) is 5.82 Å². The second-order valence-electron chi connectivity index (χ2n) is 6.69. The van der Waals surface area contributed by atoms with Gasteiger partial charge in [-0.15, -0.1) is 12.4 Å². The molecule has 0 aromatic heterocycles. The highest BCUT2D eigenvalue weighted by Crippen LogP contribution is 2.27. The van der Waals surface area contributed by atoms with E-state index in [1.54, 1.807) is 19.2 Å². The number of ether oxygens (including phenoxy) is 1. The number of rotatable bonds is 4. The number of nitrogens with one attached hydrogen (secondary N) is 1. The summed E-state index contributed by atoms with van der Waals surface area (Å²) in [7, 11) is 1.64. The summed E-state index contributed by atoms with van der Waals surface area (Å²) in [5.74, 6) is 1.45. The lowest BCUT2D eigenvalue weighted by atomic mass is 10.2. The van der Waals surface area contributed by atoms with Crippen molar-refractivity contribution in [2.75, 3.05) is 30.4 Å². The van der Waals surface area contributed by atoms with E-state index in [9.17, 15) is 4.39 Å². The van der Waals surface area contributed by atoms with Crippen molar-refractivity contribution < 1.29 is 9.13 Å². The Morgan fingerprint density at radius 1 is 1.07 bits per heavy atom. The molecule has 154 valence electrons. The summed E-state index contributed by atoms with van der Waals surface area (Å²) in [6.07, 6.45) is 1.72. The van der Waals surface area contributed by atoms with Gasteiger partial charge < -0.3 is 20.7 Å². The van der Waals surface area contributed by atoms with Crippen LogP contribution in [0.15, 0.2) is 58.5 Å². The van der Waals surface area contributed by atoms with Crippen LogP contribution in [0.2, 0.25) is 0 Å². The molecule has 0 spiro atoms. The fourth-order valence-electron chi connectivity index (χ4n) is 3.41. The minimum Gasteiger partial charge on any atom is -0.497 e. The van der Waals surface area contributed by atoms with Gasteiger partial charge in [0.25, 0.3) is 0 Å². The van der Waals surface area contributed by atoms with Gasteiger partial charge in [0.2, 0.25) is 18.2 Å². The molecule has 9 heteroatoms. The largest absolute Gasteiger partial charge is 0.497 e. The Bertz CT molecular complexity index is 881. The molecule has 4 rings (SSSR count). The van der Waals surface area contributed by atoms with E-state index in [1.165, 1.54) is 12.1 Å². The number of aliphatic imine (C=N–C) groups is 2. The van der Waals surface area contributed by atoms with Gasteiger partial charge in [0.15, 0.2) is 0 Å². The van der Waals surface area contributed by atoms with Gasteiger partial charge in [-0.05, 0) is 61.4 Å². The zero-order valence-electron chi connectivity index (χ0n) is 16.1. The molecule has 2 heterocycles. The van der Waals surface area contributed by atoms with Gasteiger partial charge in [0.05, 0.1) is 7.11 Å². The summed E-state index contributed by atoms with van der Waals surface area (Å²) < 4.78 is 18.6.